The molecule has 0 saturated carbocycles. The summed E-state index contributed by atoms with van der Waals surface area (Å²) in [7, 11) is 1.60. The van der Waals surface area contributed by atoms with Crippen LogP contribution in [0.3, 0.4) is 0 Å². The molecular weight excluding hydrogens is 580 g/mol. The number of hydrogen-bond donors (Lipinski definition) is 3. The molecule has 1 aliphatic rings. The molecule has 1 aliphatic heterocycles. The molecule has 1 aromatic carbocycles. The van der Waals surface area contributed by atoms with Crippen molar-refractivity contribution >= 4 is 35.2 Å². The average Bonchev–Trinajstić information content (AvgIpc) is 3.42. The zero-order chi connectivity index (χ0) is 32.9. The van der Waals surface area contributed by atoms with Crippen LogP contribution in [0.2, 0.25) is 0 Å². The van der Waals surface area contributed by atoms with Crippen LogP contribution in [0.1, 0.15) is 59.9 Å². The smallest absolute Gasteiger partial charge is 0.420 e. The van der Waals surface area contributed by atoms with Gasteiger partial charge in [-0.2, -0.15) is 9.61 Å². The maximum absolute atomic E-state index is 14.0. The standard InChI is InChI=1S/C32H46N6O7/c1-31(2,3)26-24(9-8-17-36(26)29(40)41)34-27-23(15-18-39)28(38-25(35-27)14-16-33-38)37(30(42)45-32(4,5)6)21-10-12-22(13-11-21)44-20-19-43-7/h10-14,16,24,26,39H,8-9,15,17-20H2,1-7H3,(H,34,35)(H,40,41). The Labute approximate surface area is 264 Å². The molecule has 45 heavy (non-hydrogen) atoms. The van der Waals surface area contributed by atoms with Gasteiger partial charge in [-0.1, -0.05) is 20.8 Å². The number of ether oxygens (including phenoxy) is 3. The van der Waals surface area contributed by atoms with Gasteiger partial charge in [-0.3, -0.25) is 0 Å². The molecule has 13 nitrogen and oxygen atoms in total. The first kappa shape index (κ1) is 33.8. The number of aromatic nitrogens is 3. The lowest BCUT2D eigenvalue weighted by molar-refractivity contribution is 0.0518. The van der Waals surface area contributed by atoms with E-state index in [1.54, 1.807) is 68.9 Å². The van der Waals surface area contributed by atoms with Crippen molar-refractivity contribution in [1.82, 2.24) is 19.5 Å². The number of carboxylic acid groups (broad SMARTS) is 1. The Morgan fingerprint density at radius 2 is 1.80 bits per heavy atom. The van der Waals surface area contributed by atoms with Crippen molar-refractivity contribution in [3.8, 4) is 5.75 Å². The van der Waals surface area contributed by atoms with E-state index in [1.165, 1.54) is 9.80 Å². The quantitative estimate of drug-likeness (QED) is 0.252. The Morgan fingerprint density at radius 3 is 2.40 bits per heavy atom. The Hall–Kier alpha value is -4.10. The van der Waals surface area contributed by atoms with Gasteiger partial charge >= 0.3 is 12.2 Å². The molecular formula is C32H46N6O7. The molecule has 0 spiro atoms. The second kappa shape index (κ2) is 13.9. The SMILES string of the molecule is COCCOc1ccc(N(C(=O)OC(C)(C)C)c2c(CCO)c(NC3CCCN(C(=O)O)C3C(C)(C)C)nc3ccnn23)cc1. The third kappa shape index (κ3) is 7.95. The zero-order valence-electron chi connectivity index (χ0n) is 27.2. The predicted octanol–water partition coefficient (Wildman–Crippen LogP) is 5.33. The van der Waals surface area contributed by atoms with Crippen LogP contribution in [0, 0.1) is 5.41 Å². The summed E-state index contributed by atoms with van der Waals surface area (Å²) >= 11 is 0. The Balaban J connectivity index is 1.88. The molecule has 2 atom stereocenters. The van der Waals surface area contributed by atoms with Crippen LogP contribution in [0.5, 0.6) is 5.75 Å². The number of nitrogens with one attached hydrogen (secondary N) is 1. The summed E-state index contributed by atoms with van der Waals surface area (Å²) in [5.41, 5.74) is 0.279. The number of piperidine rings is 1. The molecule has 4 rings (SSSR count). The van der Waals surface area contributed by atoms with E-state index in [0.29, 0.717) is 66.9 Å². The molecule has 3 N–H and O–H groups in total. The van der Waals surface area contributed by atoms with E-state index in [2.05, 4.69) is 10.4 Å². The first-order chi connectivity index (χ1) is 21.2. The number of anilines is 3. The number of methoxy groups -OCH3 is 1. The maximum atomic E-state index is 14.0. The van der Waals surface area contributed by atoms with Gasteiger partial charge in [0.05, 0.1) is 24.5 Å². The van der Waals surface area contributed by atoms with E-state index in [0.717, 1.165) is 0 Å². The van der Waals surface area contributed by atoms with Crippen LogP contribution in [-0.4, -0.2) is 93.1 Å². The number of carbonyl (C=O) groups is 2. The third-order valence-corrected chi connectivity index (χ3v) is 7.49. The molecule has 13 heteroatoms. The van der Waals surface area contributed by atoms with Gasteiger partial charge in [0.15, 0.2) is 11.5 Å². The molecule has 0 aliphatic carbocycles. The minimum Gasteiger partial charge on any atom is -0.491 e. The Morgan fingerprint density at radius 1 is 1.09 bits per heavy atom. The third-order valence-electron chi connectivity index (χ3n) is 7.49. The summed E-state index contributed by atoms with van der Waals surface area (Å²) in [6, 6.07) is 8.10. The van der Waals surface area contributed by atoms with E-state index >= 15 is 0 Å². The van der Waals surface area contributed by atoms with E-state index in [1.807, 2.05) is 20.8 Å². The lowest BCUT2D eigenvalue weighted by Crippen LogP contribution is -2.58. The van der Waals surface area contributed by atoms with E-state index in [9.17, 15) is 19.8 Å². The highest BCUT2D eigenvalue weighted by molar-refractivity contribution is 5.97. The van der Waals surface area contributed by atoms with E-state index < -0.39 is 17.8 Å². The van der Waals surface area contributed by atoms with Gasteiger partial charge in [-0.15, -0.1) is 0 Å². The van der Waals surface area contributed by atoms with Crippen molar-refractivity contribution < 1.29 is 34.0 Å². The fourth-order valence-corrected chi connectivity index (χ4v) is 5.82. The average molecular weight is 627 g/mol. The van der Waals surface area contributed by atoms with E-state index in [-0.39, 0.29) is 30.5 Å². The number of hydrogen-bond acceptors (Lipinski definition) is 9. The highest BCUT2D eigenvalue weighted by atomic mass is 16.6. The van der Waals surface area contributed by atoms with Crippen molar-refractivity contribution in [2.45, 2.75) is 78.5 Å². The topological polar surface area (TPSA) is 151 Å². The molecule has 1 fully saturated rings. The van der Waals surface area contributed by atoms with Gasteiger partial charge in [0.25, 0.3) is 0 Å². The lowest BCUT2D eigenvalue weighted by Gasteiger charge is -2.47. The normalized spacial score (nSPS) is 17.3. The summed E-state index contributed by atoms with van der Waals surface area (Å²) in [4.78, 5) is 34.1. The number of aliphatic hydroxyl groups is 1. The second-order valence-corrected chi connectivity index (χ2v) is 13.2. The lowest BCUT2D eigenvalue weighted by atomic mass is 9.77. The maximum Gasteiger partial charge on any atom is 0.420 e. The minimum atomic E-state index is -0.970. The van der Waals surface area contributed by atoms with Gasteiger partial charge in [0.2, 0.25) is 0 Å². The van der Waals surface area contributed by atoms with Crippen LogP contribution in [0.15, 0.2) is 36.5 Å². The fourth-order valence-electron chi connectivity index (χ4n) is 5.82. The van der Waals surface area contributed by atoms with Crippen molar-refractivity contribution in [1.29, 1.82) is 0 Å². The summed E-state index contributed by atoms with van der Waals surface area (Å²) in [6.07, 6.45) is 1.49. The molecule has 3 aromatic rings. The Kier molecular flexibility index (Phi) is 10.4. The number of benzene rings is 1. The first-order valence-corrected chi connectivity index (χ1v) is 15.2. The second-order valence-electron chi connectivity index (χ2n) is 13.2. The minimum absolute atomic E-state index is 0.132. The molecule has 2 amide bonds. The van der Waals surface area contributed by atoms with Gasteiger partial charge in [0, 0.05) is 44.4 Å². The molecule has 3 heterocycles. The Bertz CT molecular complexity index is 1460. The largest absolute Gasteiger partial charge is 0.491 e. The number of likely N-dealkylation sites (tertiary alicyclic amines) is 1. The van der Waals surface area contributed by atoms with Gasteiger partial charge < -0.3 is 34.6 Å². The highest BCUT2D eigenvalue weighted by Crippen LogP contribution is 2.38. The van der Waals surface area contributed by atoms with Gasteiger partial charge in [-0.25, -0.2) is 19.5 Å². The zero-order valence-corrected chi connectivity index (χ0v) is 27.2. The number of aliphatic hydroxyl groups excluding tert-OH is 1. The highest BCUT2D eigenvalue weighted by Gasteiger charge is 2.42. The molecule has 2 unspecified atom stereocenters. The summed E-state index contributed by atoms with van der Waals surface area (Å²) < 4.78 is 18.3. The number of rotatable bonds is 10. The van der Waals surface area contributed by atoms with Crippen molar-refractivity contribution in [3.63, 3.8) is 0 Å². The molecule has 0 radical (unpaired) electrons. The van der Waals surface area contributed by atoms with Crippen molar-refractivity contribution in [2.75, 3.05) is 43.7 Å². The van der Waals surface area contributed by atoms with Crippen LogP contribution in [0.25, 0.3) is 5.65 Å². The van der Waals surface area contributed by atoms with Crippen LogP contribution in [0.4, 0.5) is 26.9 Å². The molecule has 1 saturated heterocycles. The summed E-state index contributed by atoms with van der Waals surface area (Å²) in [5.74, 6) is 1.39. The summed E-state index contributed by atoms with van der Waals surface area (Å²) in [5, 5.41) is 28.4. The number of carbonyl (C=O) groups excluding carboxylic acids is 1. The number of nitrogens with zero attached hydrogens (tertiary/aromatic N) is 5. The number of amides is 2. The van der Waals surface area contributed by atoms with Crippen LogP contribution in [-0.2, 0) is 15.9 Å². The monoisotopic (exact) mass is 626 g/mol. The molecule has 246 valence electrons. The van der Waals surface area contributed by atoms with Crippen LogP contribution < -0.4 is 15.0 Å². The molecule has 0 bridgehead atoms. The van der Waals surface area contributed by atoms with E-state index in [4.69, 9.17) is 19.2 Å². The first-order valence-electron chi connectivity index (χ1n) is 15.2. The van der Waals surface area contributed by atoms with Gasteiger partial charge in [-0.05, 0) is 63.3 Å². The van der Waals surface area contributed by atoms with Crippen molar-refractivity contribution in [3.05, 3.63) is 42.1 Å². The molecule has 2 aromatic heterocycles. The summed E-state index contributed by atoms with van der Waals surface area (Å²) in [6.45, 7) is 12.4. The fraction of sp³-hybridized carbons (Fsp3) is 0.562. The van der Waals surface area contributed by atoms with Crippen molar-refractivity contribution in [2.24, 2.45) is 5.41 Å². The predicted molar refractivity (Wildman–Crippen MR) is 171 cm³/mol. The number of fused-ring (bicyclic) bond motifs is 1. The van der Waals surface area contributed by atoms with Gasteiger partial charge in [0.1, 0.15) is 23.8 Å². The van der Waals surface area contributed by atoms with Crippen LogP contribution >= 0.6 is 0 Å².